The lowest BCUT2D eigenvalue weighted by atomic mass is 10.4. The zero-order chi connectivity index (χ0) is 12.1. The van der Waals surface area contributed by atoms with Gasteiger partial charge in [-0.05, 0) is 17.5 Å². The number of nitrogen functional groups attached to an aromatic ring is 1. The fourth-order valence-electron chi connectivity index (χ4n) is 1.26. The van der Waals surface area contributed by atoms with Crippen LogP contribution in [-0.4, -0.2) is 22.4 Å². The Kier molecular flexibility index (Phi) is 3.66. The molecule has 0 unspecified atom stereocenters. The predicted molar refractivity (Wildman–Crippen MR) is 66.6 cm³/mol. The number of rotatable bonds is 5. The van der Waals surface area contributed by atoms with Crippen LogP contribution >= 0.6 is 11.3 Å². The maximum absolute atomic E-state index is 7.26. The summed E-state index contributed by atoms with van der Waals surface area (Å²) in [7, 11) is 0. The monoisotopic (exact) mass is 248 g/mol. The van der Waals surface area contributed by atoms with E-state index < -0.39 is 0 Å². The Balaban J connectivity index is 1.90. The quantitative estimate of drug-likeness (QED) is 0.619. The molecule has 0 saturated heterocycles. The van der Waals surface area contributed by atoms with Gasteiger partial charge in [-0.2, -0.15) is 4.98 Å². The van der Waals surface area contributed by atoms with Crippen molar-refractivity contribution in [3.05, 3.63) is 40.3 Å². The summed E-state index contributed by atoms with van der Waals surface area (Å²) >= 11 is 1.69. The molecule has 0 amide bonds. The lowest BCUT2D eigenvalue weighted by Crippen LogP contribution is -2.14. The van der Waals surface area contributed by atoms with E-state index in [0.29, 0.717) is 12.3 Å². The average molecular weight is 248 g/mol. The maximum Gasteiger partial charge on any atom is 0.317 e. The van der Waals surface area contributed by atoms with Gasteiger partial charge in [0.15, 0.2) is 0 Å². The summed E-state index contributed by atoms with van der Waals surface area (Å²) in [5.74, 6) is -0.0875. The first-order chi connectivity index (χ1) is 8.25. The predicted octanol–water partition coefficient (Wildman–Crippen LogP) is 1.44. The highest BCUT2D eigenvalue weighted by molar-refractivity contribution is 7.09. The molecule has 2 rings (SSSR count). The van der Waals surface area contributed by atoms with Crippen molar-refractivity contribution in [2.45, 2.75) is 6.42 Å². The molecule has 0 aliphatic rings. The second-order valence-electron chi connectivity index (χ2n) is 3.32. The number of thiophene rings is 1. The van der Waals surface area contributed by atoms with Gasteiger partial charge in [-0.25, -0.2) is 4.98 Å². The molecule has 2 heterocycles. The highest BCUT2D eigenvalue weighted by Crippen LogP contribution is 2.10. The van der Waals surface area contributed by atoms with E-state index in [9.17, 15) is 0 Å². The smallest absolute Gasteiger partial charge is 0.317 e. The minimum atomic E-state index is -0.0875. The van der Waals surface area contributed by atoms with Crippen LogP contribution in [0.3, 0.4) is 0 Å². The van der Waals surface area contributed by atoms with Crippen molar-refractivity contribution < 1.29 is 4.74 Å². The van der Waals surface area contributed by atoms with Crippen molar-refractivity contribution in [1.82, 2.24) is 9.97 Å². The van der Waals surface area contributed by atoms with Gasteiger partial charge in [0.25, 0.3) is 0 Å². The summed E-state index contributed by atoms with van der Waals surface area (Å²) in [4.78, 5) is 9.23. The highest BCUT2D eigenvalue weighted by atomic mass is 32.1. The van der Waals surface area contributed by atoms with Crippen molar-refractivity contribution in [3.8, 4) is 6.01 Å². The van der Waals surface area contributed by atoms with E-state index >= 15 is 0 Å². The largest absolute Gasteiger partial charge is 0.463 e. The number of nitrogens with zero attached hydrogens (tertiary/aromatic N) is 2. The maximum atomic E-state index is 7.26. The Labute approximate surface area is 103 Å². The number of nitrogens with one attached hydrogen (secondary N) is 1. The molecule has 6 heteroatoms. The fourth-order valence-corrected chi connectivity index (χ4v) is 1.95. The van der Waals surface area contributed by atoms with Crippen LogP contribution in [0, 0.1) is 5.41 Å². The number of hydrogen-bond donors (Lipinski definition) is 2. The molecule has 0 saturated carbocycles. The topological polar surface area (TPSA) is 84.9 Å². The summed E-state index contributed by atoms with van der Waals surface area (Å²) in [5, 5.41) is 9.29. The van der Waals surface area contributed by atoms with Gasteiger partial charge in [-0.15, -0.1) is 11.3 Å². The normalized spacial score (nSPS) is 10.1. The van der Waals surface area contributed by atoms with Crippen LogP contribution in [0.4, 0.5) is 0 Å². The molecule has 0 aliphatic heterocycles. The molecule has 0 aromatic carbocycles. The van der Waals surface area contributed by atoms with Gasteiger partial charge in [0, 0.05) is 17.5 Å². The van der Waals surface area contributed by atoms with Gasteiger partial charge in [0.05, 0.1) is 6.61 Å². The van der Waals surface area contributed by atoms with Crippen molar-refractivity contribution >= 4 is 17.2 Å². The number of amidine groups is 1. The molecule has 2 aromatic rings. The van der Waals surface area contributed by atoms with Crippen LogP contribution in [0.5, 0.6) is 6.01 Å². The van der Waals surface area contributed by atoms with Crippen LogP contribution in [-0.2, 0) is 6.42 Å². The Hall–Kier alpha value is -1.95. The van der Waals surface area contributed by atoms with E-state index in [4.69, 9.17) is 15.9 Å². The van der Waals surface area contributed by atoms with Gasteiger partial charge in [-0.3, -0.25) is 5.41 Å². The zero-order valence-electron chi connectivity index (χ0n) is 9.09. The Morgan fingerprint density at radius 1 is 1.47 bits per heavy atom. The molecule has 17 heavy (non-hydrogen) atoms. The summed E-state index contributed by atoms with van der Waals surface area (Å²) in [6, 6.07) is 5.90. The molecule has 2 aromatic heterocycles. The third kappa shape index (κ3) is 3.25. The molecule has 0 spiro atoms. The lowest BCUT2D eigenvalue weighted by molar-refractivity contribution is 0.297. The first kappa shape index (κ1) is 11.5. The SMILES string of the molecule is N=C(N)c1ccnc(OCCc2cccs2)n1. The Bertz CT molecular complexity index is 498. The molecule has 0 aliphatic carbocycles. The first-order valence-corrected chi connectivity index (χ1v) is 5.96. The number of ether oxygens (including phenoxy) is 1. The van der Waals surface area contributed by atoms with Crippen molar-refractivity contribution in [3.63, 3.8) is 0 Å². The lowest BCUT2D eigenvalue weighted by Gasteiger charge is -2.04. The van der Waals surface area contributed by atoms with Gasteiger partial charge in [0.2, 0.25) is 0 Å². The molecular weight excluding hydrogens is 236 g/mol. The Morgan fingerprint density at radius 3 is 3.06 bits per heavy atom. The molecule has 5 nitrogen and oxygen atoms in total. The van der Waals surface area contributed by atoms with Gasteiger partial charge >= 0.3 is 6.01 Å². The Morgan fingerprint density at radius 2 is 2.35 bits per heavy atom. The third-order valence-electron chi connectivity index (χ3n) is 2.07. The summed E-state index contributed by atoms with van der Waals surface area (Å²) in [6.45, 7) is 0.516. The molecule has 0 radical (unpaired) electrons. The second-order valence-corrected chi connectivity index (χ2v) is 4.35. The summed E-state index contributed by atoms with van der Waals surface area (Å²) in [5.41, 5.74) is 5.71. The van der Waals surface area contributed by atoms with Crippen molar-refractivity contribution in [2.75, 3.05) is 6.61 Å². The fraction of sp³-hybridized carbons (Fsp3) is 0.182. The van der Waals surface area contributed by atoms with Crippen LogP contribution in [0.15, 0.2) is 29.8 Å². The van der Waals surface area contributed by atoms with Crippen molar-refractivity contribution in [1.29, 1.82) is 5.41 Å². The van der Waals surface area contributed by atoms with Crippen molar-refractivity contribution in [2.24, 2.45) is 5.73 Å². The van der Waals surface area contributed by atoms with E-state index in [2.05, 4.69) is 16.0 Å². The average Bonchev–Trinajstić information content (AvgIpc) is 2.82. The van der Waals surface area contributed by atoms with Gasteiger partial charge < -0.3 is 10.5 Å². The second kappa shape index (κ2) is 5.40. The summed E-state index contributed by atoms with van der Waals surface area (Å²) < 4.78 is 5.40. The number of nitrogens with two attached hydrogens (primary N) is 1. The number of hydrogen-bond acceptors (Lipinski definition) is 5. The van der Waals surface area contributed by atoms with E-state index in [1.807, 2.05) is 11.4 Å². The van der Waals surface area contributed by atoms with Gasteiger partial charge in [-0.1, -0.05) is 6.07 Å². The standard InChI is InChI=1S/C11H12N4OS/c12-10(13)9-3-5-14-11(15-9)16-6-4-8-2-1-7-17-8/h1-3,5,7H,4,6H2,(H3,12,13). The minimum Gasteiger partial charge on any atom is -0.463 e. The molecule has 3 N–H and O–H groups in total. The van der Waals surface area contributed by atoms with Crippen LogP contribution in [0.2, 0.25) is 0 Å². The molecular formula is C11H12N4OS. The minimum absolute atomic E-state index is 0.0875. The summed E-state index contributed by atoms with van der Waals surface area (Å²) in [6.07, 6.45) is 2.36. The van der Waals surface area contributed by atoms with Gasteiger partial charge in [0.1, 0.15) is 11.5 Å². The third-order valence-corrected chi connectivity index (χ3v) is 3.01. The zero-order valence-corrected chi connectivity index (χ0v) is 9.91. The van der Waals surface area contributed by atoms with Crippen LogP contribution < -0.4 is 10.5 Å². The van der Waals surface area contributed by atoms with E-state index in [-0.39, 0.29) is 11.8 Å². The molecule has 88 valence electrons. The van der Waals surface area contributed by atoms with E-state index in [1.165, 1.54) is 11.1 Å². The van der Waals surface area contributed by atoms with E-state index in [0.717, 1.165) is 6.42 Å². The number of aromatic nitrogens is 2. The van der Waals surface area contributed by atoms with E-state index in [1.54, 1.807) is 17.4 Å². The molecule has 0 fully saturated rings. The molecule has 0 atom stereocenters. The first-order valence-electron chi connectivity index (χ1n) is 5.08. The molecule has 0 bridgehead atoms. The van der Waals surface area contributed by atoms with Crippen LogP contribution in [0.25, 0.3) is 0 Å². The highest BCUT2D eigenvalue weighted by Gasteiger charge is 2.02. The van der Waals surface area contributed by atoms with Crippen LogP contribution in [0.1, 0.15) is 10.6 Å².